The van der Waals surface area contributed by atoms with Crippen LogP contribution in [-0.4, -0.2) is 24.0 Å². The number of nitrogens with zero attached hydrogens (tertiary/aromatic N) is 1. The van der Waals surface area contributed by atoms with E-state index in [9.17, 15) is 4.79 Å². The van der Waals surface area contributed by atoms with Gasteiger partial charge in [-0.3, -0.25) is 4.79 Å². The zero-order valence-corrected chi connectivity index (χ0v) is 9.66. The van der Waals surface area contributed by atoms with Crippen LogP contribution in [0.1, 0.15) is 13.8 Å². The summed E-state index contributed by atoms with van der Waals surface area (Å²) < 4.78 is 0. The summed E-state index contributed by atoms with van der Waals surface area (Å²) in [6, 6.07) is 3.58. The van der Waals surface area contributed by atoms with Gasteiger partial charge in [0, 0.05) is 19.0 Å². The summed E-state index contributed by atoms with van der Waals surface area (Å²) >= 11 is 0. The van der Waals surface area contributed by atoms with Crippen LogP contribution in [0.25, 0.3) is 0 Å². The second-order valence-electron chi connectivity index (χ2n) is 3.85. The van der Waals surface area contributed by atoms with Gasteiger partial charge in [-0.1, -0.05) is 13.8 Å². The third-order valence-electron chi connectivity index (χ3n) is 2.04. The van der Waals surface area contributed by atoms with Crippen molar-refractivity contribution in [1.29, 1.82) is 0 Å². The molecule has 0 atom stereocenters. The Hall–Kier alpha value is -1.78. The normalized spacial score (nSPS) is 10.2. The fourth-order valence-electron chi connectivity index (χ4n) is 1.09. The Morgan fingerprint density at radius 3 is 2.75 bits per heavy atom. The summed E-state index contributed by atoms with van der Waals surface area (Å²) in [6.45, 7) is 4.97. The fraction of sp³-hybridized carbons (Fsp3) is 0.455. The molecule has 1 amide bonds. The van der Waals surface area contributed by atoms with E-state index in [0.717, 1.165) is 5.82 Å². The first-order valence-corrected chi connectivity index (χ1v) is 5.32. The summed E-state index contributed by atoms with van der Waals surface area (Å²) in [5.74, 6) is 0.842. The molecule has 1 aromatic rings. The van der Waals surface area contributed by atoms with E-state index >= 15 is 0 Å². The number of nitrogens with two attached hydrogens (primary N) is 1. The largest absolute Gasteiger partial charge is 0.397 e. The van der Waals surface area contributed by atoms with Crippen LogP contribution >= 0.6 is 0 Å². The zero-order valence-electron chi connectivity index (χ0n) is 9.66. The minimum atomic E-state index is 0.0228. The van der Waals surface area contributed by atoms with E-state index < -0.39 is 0 Å². The predicted octanol–water partition coefficient (Wildman–Crippen LogP) is 0.848. The third kappa shape index (κ3) is 4.16. The van der Waals surface area contributed by atoms with Crippen LogP contribution in [0.2, 0.25) is 0 Å². The fourth-order valence-corrected chi connectivity index (χ4v) is 1.09. The summed E-state index contributed by atoms with van der Waals surface area (Å²) in [6.07, 6.45) is 1.59. The van der Waals surface area contributed by atoms with Gasteiger partial charge >= 0.3 is 0 Å². The van der Waals surface area contributed by atoms with E-state index in [4.69, 9.17) is 5.73 Å². The highest BCUT2D eigenvalue weighted by molar-refractivity contribution is 5.77. The van der Waals surface area contributed by atoms with Crippen LogP contribution in [0.15, 0.2) is 18.3 Å². The molecule has 0 fully saturated rings. The van der Waals surface area contributed by atoms with E-state index in [1.165, 1.54) is 0 Å². The summed E-state index contributed by atoms with van der Waals surface area (Å²) in [7, 11) is 0. The first kappa shape index (κ1) is 12.3. The highest BCUT2D eigenvalue weighted by atomic mass is 16.1. The van der Waals surface area contributed by atoms with Crippen LogP contribution in [0.4, 0.5) is 11.5 Å². The molecule has 0 aromatic carbocycles. The Morgan fingerprint density at radius 1 is 1.44 bits per heavy atom. The second kappa shape index (κ2) is 5.95. The van der Waals surface area contributed by atoms with E-state index in [1.807, 2.05) is 13.8 Å². The smallest absolute Gasteiger partial charge is 0.222 e. The molecule has 0 aliphatic heterocycles. The molecule has 1 heterocycles. The van der Waals surface area contributed by atoms with Gasteiger partial charge in [0.15, 0.2) is 0 Å². The van der Waals surface area contributed by atoms with Crippen molar-refractivity contribution in [2.24, 2.45) is 5.92 Å². The molecule has 16 heavy (non-hydrogen) atoms. The van der Waals surface area contributed by atoms with Gasteiger partial charge in [-0.05, 0) is 12.1 Å². The molecule has 1 rings (SSSR count). The van der Waals surface area contributed by atoms with Crippen molar-refractivity contribution in [3.63, 3.8) is 0 Å². The molecule has 0 saturated heterocycles. The number of anilines is 2. The molecule has 5 nitrogen and oxygen atoms in total. The van der Waals surface area contributed by atoms with Gasteiger partial charge in [0.25, 0.3) is 0 Å². The van der Waals surface area contributed by atoms with Gasteiger partial charge in [0.1, 0.15) is 5.82 Å². The van der Waals surface area contributed by atoms with E-state index in [-0.39, 0.29) is 11.8 Å². The van der Waals surface area contributed by atoms with Crippen molar-refractivity contribution in [2.45, 2.75) is 13.8 Å². The number of hydrogen-bond acceptors (Lipinski definition) is 4. The maximum absolute atomic E-state index is 11.2. The van der Waals surface area contributed by atoms with Crippen molar-refractivity contribution >= 4 is 17.4 Å². The third-order valence-corrected chi connectivity index (χ3v) is 2.04. The lowest BCUT2D eigenvalue weighted by molar-refractivity contribution is -0.123. The SMILES string of the molecule is CC(C)C(=O)NCCNc1ccc(N)cn1. The number of hydrogen-bond donors (Lipinski definition) is 3. The second-order valence-corrected chi connectivity index (χ2v) is 3.85. The van der Waals surface area contributed by atoms with Gasteiger partial charge in [0.05, 0.1) is 11.9 Å². The number of aromatic nitrogens is 1. The number of nitrogens with one attached hydrogen (secondary N) is 2. The molecule has 0 aliphatic carbocycles. The van der Waals surface area contributed by atoms with Crippen molar-refractivity contribution in [3.8, 4) is 0 Å². The van der Waals surface area contributed by atoms with Crippen LogP contribution in [0.5, 0.6) is 0 Å². The van der Waals surface area contributed by atoms with E-state index in [2.05, 4.69) is 15.6 Å². The lowest BCUT2D eigenvalue weighted by Crippen LogP contribution is -2.31. The molecule has 88 valence electrons. The summed E-state index contributed by atoms with van der Waals surface area (Å²) in [5, 5.41) is 5.89. The maximum Gasteiger partial charge on any atom is 0.222 e. The number of amides is 1. The van der Waals surface area contributed by atoms with Gasteiger partial charge in [-0.25, -0.2) is 4.98 Å². The van der Waals surface area contributed by atoms with E-state index in [1.54, 1.807) is 18.3 Å². The quantitative estimate of drug-likeness (QED) is 0.645. The average Bonchev–Trinajstić information content (AvgIpc) is 2.26. The van der Waals surface area contributed by atoms with Gasteiger partial charge in [-0.2, -0.15) is 0 Å². The predicted molar refractivity (Wildman–Crippen MR) is 65.0 cm³/mol. The number of carbonyl (C=O) groups excluding carboxylic acids is 1. The molecule has 5 heteroatoms. The van der Waals surface area contributed by atoms with Crippen molar-refractivity contribution in [3.05, 3.63) is 18.3 Å². The molecular formula is C11H18N4O. The monoisotopic (exact) mass is 222 g/mol. The van der Waals surface area contributed by atoms with Crippen LogP contribution in [0.3, 0.4) is 0 Å². The highest BCUT2D eigenvalue weighted by Gasteiger charge is 2.04. The average molecular weight is 222 g/mol. The molecule has 4 N–H and O–H groups in total. The number of pyridine rings is 1. The highest BCUT2D eigenvalue weighted by Crippen LogP contribution is 2.04. The van der Waals surface area contributed by atoms with Gasteiger partial charge in [-0.15, -0.1) is 0 Å². The standard InChI is InChI=1S/C11H18N4O/c1-8(2)11(16)14-6-5-13-10-4-3-9(12)7-15-10/h3-4,7-8H,5-6,12H2,1-2H3,(H,13,15)(H,14,16). The molecule has 0 bridgehead atoms. The number of nitrogen functional groups attached to an aromatic ring is 1. The lowest BCUT2D eigenvalue weighted by Gasteiger charge is -2.08. The van der Waals surface area contributed by atoms with Crippen LogP contribution in [-0.2, 0) is 4.79 Å². The minimum Gasteiger partial charge on any atom is -0.397 e. The lowest BCUT2D eigenvalue weighted by atomic mass is 10.2. The van der Waals surface area contributed by atoms with Gasteiger partial charge < -0.3 is 16.4 Å². The Labute approximate surface area is 95.4 Å². The molecule has 0 radical (unpaired) electrons. The molecule has 0 unspecified atom stereocenters. The maximum atomic E-state index is 11.2. The molecule has 0 spiro atoms. The van der Waals surface area contributed by atoms with Crippen molar-refractivity contribution < 1.29 is 4.79 Å². The zero-order chi connectivity index (χ0) is 12.0. The minimum absolute atomic E-state index is 0.0228. The number of rotatable bonds is 5. The number of carbonyl (C=O) groups is 1. The molecule has 0 saturated carbocycles. The molecular weight excluding hydrogens is 204 g/mol. The van der Waals surface area contributed by atoms with Gasteiger partial charge in [0.2, 0.25) is 5.91 Å². The Kier molecular flexibility index (Phi) is 4.57. The van der Waals surface area contributed by atoms with Crippen LogP contribution < -0.4 is 16.4 Å². The van der Waals surface area contributed by atoms with E-state index in [0.29, 0.717) is 18.8 Å². The summed E-state index contributed by atoms with van der Waals surface area (Å²) in [4.78, 5) is 15.3. The van der Waals surface area contributed by atoms with Crippen LogP contribution in [0, 0.1) is 5.92 Å². The molecule has 0 aliphatic rings. The Bertz CT molecular complexity index is 334. The molecule has 1 aromatic heterocycles. The first-order chi connectivity index (χ1) is 7.59. The van der Waals surface area contributed by atoms with Crippen molar-refractivity contribution in [2.75, 3.05) is 24.1 Å². The summed E-state index contributed by atoms with van der Waals surface area (Å²) in [5.41, 5.74) is 6.14. The Balaban J connectivity index is 2.21. The topological polar surface area (TPSA) is 80.0 Å². The van der Waals surface area contributed by atoms with Crippen molar-refractivity contribution in [1.82, 2.24) is 10.3 Å². The first-order valence-electron chi connectivity index (χ1n) is 5.32. The Morgan fingerprint density at radius 2 is 2.19 bits per heavy atom.